The van der Waals surface area contributed by atoms with Gasteiger partial charge in [0.25, 0.3) is 0 Å². The average Bonchev–Trinajstić information content (AvgIpc) is 2.77. The fraction of sp³-hybridized carbons (Fsp3) is 0.273. The van der Waals surface area contributed by atoms with E-state index < -0.39 is 0 Å². The highest BCUT2D eigenvalue weighted by Gasteiger charge is 2.10. The largest absolute Gasteiger partial charge is 0.220 e. The van der Waals surface area contributed by atoms with Crippen molar-refractivity contribution in [3.63, 3.8) is 0 Å². The van der Waals surface area contributed by atoms with Gasteiger partial charge in [0, 0.05) is 0 Å². The summed E-state index contributed by atoms with van der Waals surface area (Å²) < 4.78 is 14.6. The van der Waals surface area contributed by atoms with Gasteiger partial charge in [-0.15, -0.1) is 5.10 Å². The van der Waals surface area contributed by atoms with Gasteiger partial charge in [-0.25, -0.2) is 9.07 Å². The van der Waals surface area contributed by atoms with Gasteiger partial charge in [-0.05, 0) is 24.6 Å². The van der Waals surface area contributed by atoms with E-state index in [0.717, 1.165) is 12.1 Å². The summed E-state index contributed by atoms with van der Waals surface area (Å²) in [6.45, 7) is 2.06. The maximum atomic E-state index is 13.0. The minimum atomic E-state index is -0.277. The highest BCUT2D eigenvalue weighted by atomic mass is 79.9. The summed E-state index contributed by atoms with van der Waals surface area (Å²) in [6, 6.07) is 6.27. The second kappa shape index (κ2) is 4.74. The Morgan fingerprint density at radius 2 is 2.31 bits per heavy atom. The minimum Gasteiger partial charge on any atom is -0.220 e. The second-order valence-corrected chi connectivity index (χ2v) is 4.55. The van der Waals surface area contributed by atoms with Crippen LogP contribution in [0.3, 0.4) is 0 Å². The van der Waals surface area contributed by atoms with Crippen LogP contribution in [-0.4, -0.2) is 15.0 Å². The van der Waals surface area contributed by atoms with Crippen molar-refractivity contribution in [2.75, 3.05) is 0 Å². The number of alkyl halides is 1. The van der Waals surface area contributed by atoms with Gasteiger partial charge in [-0.3, -0.25) is 0 Å². The Morgan fingerprint density at radius 1 is 1.50 bits per heavy atom. The molecule has 1 atom stereocenters. The SMILES string of the molecule is CCC(Br)c1cn(-c2cccc(F)c2)nn1. The molecule has 1 aromatic heterocycles. The van der Waals surface area contributed by atoms with Crippen LogP contribution in [0.2, 0.25) is 0 Å². The van der Waals surface area contributed by atoms with Crippen molar-refractivity contribution in [2.24, 2.45) is 0 Å². The van der Waals surface area contributed by atoms with E-state index in [2.05, 4.69) is 33.2 Å². The molecule has 0 N–H and O–H groups in total. The van der Waals surface area contributed by atoms with Crippen LogP contribution >= 0.6 is 15.9 Å². The Morgan fingerprint density at radius 3 is 3.00 bits per heavy atom. The molecule has 0 saturated carbocycles. The van der Waals surface area contributed by atoms with Crippen LogP contribution in [-0.2, 0) is 0 Å². The van der Waals surface area contributed by atoms with Crippen LogP contribution in [0.5, 0.6) is 0 Å². The monoisotopic (exact) mass is 283 g/mol. The number of aromatic nitrogens is 3. The molecule has 1 aromatic carbocycles. The van der Waals surface area contributed by atoms with E-state index in [4.69, 9.17) is 0 Å². The summed E-state index contributed by atoms with van der Waals surface area (Å²) in [7, 11) is 0. The zero-order valence-electron chi connectivity index (χ0n) is 8.77. The zero-order valence-corrected chi connectivity index (χ0v) is 10.4. The normalized spacial score (nSPS) is 12.7. The van der Waals surface area contributed by atoms with Gasteiger partial charge >= 0.3 is 0 Å². The summed E-state index contributed by atoms with van der Waals surface area (Å²) in [6.07, 6.45) is 2.74. The molecule has 16 heavy (non-hydrogen) atoms. The second-order valence-electron chi connectivity index (χ2n) is 3.44. The molecule has 0 aliphatic heterocycles. The molecule has 0 saturated heterocycles. The number of hydrogen-bond donors (Lipinski definition) is 0. The molecule has 1 unspecified atom stereocenters. The van der Waals surface area contributed by atoms with Crippen molar-refractivity contribution >= 4 is 15.9 Å². The van der Waals surface area contributed by atoms with Gasteiger partial charge < -0.3 is 0 Å². The molecule has 5 heteroatoms. The highest BCUT2D eigenvalue weighted by Crippen LogP contribution is 2.24. The van der Waals surface area contributed by atoms with E-state index in [1.54, 1.807) is 23.0 Å². The summed E-state index contributed by atoms with van der Waals surface area (Å²) >= 11 is 3.50. The third-order valence-electron chi connectivity index (χ3n) is 2.26. The first kappa shape index (κ1) is 11.3. The van der Waals surface area contributed by atoms with Crippen LogP contribution in [0.4, 0.5) is 4.39 Å². The number of halogens is 2. The molecule has 3 nitrogen and oxygen atoms in total. The van der Waals surface area contributed by atoms with E-state index in [1.165, 1.54) is 12.1 Å². The van der Waals surface area contributed by atoms with E-state index in [9.17, 15) is 4.39 Å². The Kier molecular flexibility index (Phi) is 3.33. The van der Waals surface area contributed by atoms with Gasteiger partial charge in [0.2, 0.25) is 0 Å². The van der Waals surface area contributed by atoms with Crippen LogP contribution in [0.1, 0.15) is 23.9 Å². The van der Waals surface area contributed by atoms with Crippen LogP contribution < -0.4 is 0 Å². The summed E-state index contributed by atoms with van der Waals surface area (Å²) in [4.78, 5) is 0.190. The van der Waals surface area contributed by atoms with E-state index in [1.807, 2.05) is 0 Å². The van der Waals surface area contributed by atoms with Crippen molar-refractivity contribution in [1.82, 2.24) is 15.0 Å². The molecular formula is C11H11BrFN3. The number of benzene rings is 1. The Labute approximate surface area is 101 Å². The number of rotatable bonds is 3. The molecule has 1 heterocycles. The van der Waals surface area contributed by atoms with Gasteiger partial charge in [-0.1, -0.05) is 34.1 Å². The standard InChI is InChI=1S/C11H11BrFN3/c1-2-10(12)11-7-16(15-14-11)9-5-3-4-8(13)6-9/h3-7,10H,2H2,1H3. The maximum Gasteiger partial charge on any atom is 0.125 e. The smallest absolute Gasteiger partial charge is 0.125 e. The van der Waals surface area contributed by atoms with Crippen LogP contribution in [0.15, 0.2) is 30.5 Å². The Hall–Kier alpha value is -1.23. The quantitative estimate of drug-likeness (QED) is 0.810. The summed E-state index contributed by atoms with van der Waals surface area (Å²) in [5, 5.41) is 8.00. The lowest BCUT2D eigenvalue weighted by Gasteiger charge is -2.00. The number of hydrogen-bond acceptors (Lipinski definition) is 2. The number of nitrogens with zero attached hydrogens (tertiary/aromatic N) is 3. The summed E-state index contributed by atoms with van der Waals surface area (Å²) in [5.74, 6) is -0.277. The average molecular weight is 284 g/mol. The fourth-order valence-electron chi connectivity index (χ4n) is 1.37. The van der Waals surface area contributed by atoms with Gasteiger partial charge in [0.05, 0.1) is 22.4 Å². The molecule has 0 amide bonds. The van der Waals surface area contributed by atoms with Crippen molar-refractivity contribution < 1.29 is 4.39 Å². The zero-order chi connectivity index (χ0) is 11.5. The highest BCUT2D eigenvalue weighted by molar-refractivity contribution is 9.09. The lowest BCUT2D eigenvalue weighted by atomic mass is 10.3. The van der Waals surface area contributed by atoms with Crippen molar-refractivity contribution in [2.45, 2.75) is 18.2 Å². The molecule has 0 bridgehead atoms. The Bertz CT molecular complexity index is 484. The molecule has 0 radical (unpaired) electrons. The molecule has 0 spiro atoms. The summed E-state index contributed by atoms with van der Waals surface area (Å²) in [5.41, 5.74) is 1.53. The molecule has 84 valence electrons. The van der Waals surface area contributed by atoms with E-state index in [-0.39, 0.29) is 10.6 Å². The minimum absolute atomic E-state index is 0.190. The first-order valence-corrected chi connectivity index (χ1v) is 5.94. The van der Waals surface area contributed by atoms with Crippen LogP contribution in [0, 0.1) is 5.82 Å². The van der Waals surface area contributed by atoms with Gasteiger partial charge in [-0.2, -0.15) is 0 Å². The molecule has 0 aliphatic carbocycles. The van der Waals surface area contributed by atoms with E-state index in [0.29, 0.717) is 5.69 Å². The predicted octanol–water partition coefficient (Wildman–Crippen LogP) is 3.25. The maximum absolute atomic E-state index is 13.0. The molecule has 2 aromatic rings. The lowest BCUT2D eigenvalue weighted by molar-refractivity contribution is 0.625. The molecule has 0 aliphatic rings. The Balaban J connectivity index is 2.31. The fourth-order valence-corrected chi connectivity index (χ4v) is 1.58. The molecular weight excluding hydrogens is 273 g/mol. The van der Waals surface area contributed by atoms with Crippen molar-refractivity contribution in [3.8, 4) is 5.69 Å². The van der Waals surface area contributed by atoms with Gasteiger partial charge in [0.1, 0.15) is 5.82 Å². The first-order valence-electron chi connectivity index (χ1n) is 5.03. The molecule has 0 fully saturated rings. The topological polar surface area (TPSA) is 30.7 Å². The predicted molar refractivity (Wildman–Crippen MR) is 63.3 cm³/mol. The third kappa shape index (κ3) is 2.29. The van der Waals surface area contributed by atoms with Gasteiger partial charge in [0.15, 0.2) is 0 Å². The van der Waals surface area contributed by atoms with Crippen molar-refractivity contribution in [1.29, 1.82) is 0 Å². The van der Waals surface area contributed by atoms with Crippen molar-refractivity contribution in [3.05, 3.63) is 42.0 Å². The van der Waals surface area contributed by atoms with E-state index >= 15 is 0 Å². The molecule has 2 rings (SSSR count). The lowest BCUT2D eigenvalue weighted by Crippen LogP contribution is -1.94. The van der Waals surface area contributed by atoms with Crippen LogP contribution in [0.25, 0.3) is 5.69 Å². The third-order valence-corrected chi connectivity index (χ3v) is 3.38. The first-order chi connectivity index (χ1) is 7.70.